The van der Waals surface area contributed by atoms with Crippen molar-refractivity contribution in [1.82, 2.24) is 10.3 Å². The zero-order chi connectivity index (χ0) is 25.3. The highest BCUT2D eigenvalue weighted by Gasteiger charge is 2.32. The lowest BCUT2D eigenvalue weighted by Crippen LogP contribution is -2.32. The van der Waals surface area contributed by atoms with Crippen molar-refractivity contribution in [3.05, 3.63) is 64.5 Å². The fourth-order valence-corrected chi connectivity index (χ4v) is 3.78. The molecule has 1 aliphatic heterocycles. The summed E-state index contributed by atoms with van der Waals surface area (Å²) < 4.78 is 19.5. The number of nitrogens with one attached hydrogen (secondary N) is 2. The van der Waals surface area contributed by atoms with Gasteiger partial charge < -0.3 is 26.6 Å². The third kappa shape index (κ3) is 3.85. The Balaban J connectivity index is 1.95. The van der Waals surface area contributed by atoms with Crippen LogP contribution in [0.3, 0.4) is 0 Å². The molecule has 0 amide bonds. The maximum absolute atomic E-state index is 14.8. The van der Waals surface area contributed by atoms with Gasteiger partial charge >= 0.3 is 5.97 Å². The number of fused-ring (bicyclic) bond motifs is 1. The van der Waals surface area contributed by atoms with E-state index in [1.807, 2.05) is 6.07 Å². The summed E-state index contributed by atoms with van der Waals surface area (Å²) in [6, 6.07) is 8.99. The third-order valence-electron chi connectivity index (χ3n) is 5.40. The van der Waals surface area contributed by atoms with Gasteiger partial charge in [-0.1, -0.05) is 18.2 Å². The Morgan fingerprint density at radius 1 is 1.26 bits per heavy atom. The minimum atomic E-state index is -1.05. The van der Waals surface area contributed by atoms with E-state index in [4.69, 9.17) is 21.5 Å². The molecule has 0 radical (unpaired) electrons. The van der Waals surface area contributed by atoms with Crippen molar-refractivity contribution in [2.24, 2.45) is 4.99 Å². The Labute approximate surface area is 198 Å². The highest BCUT2D eigenvalue weighted by atomic mass is 19.1. The summed E-state index contributed by atoms with van der Waals surface area (Å²) in [6.07, 6.45) is 1.73. The molecule has 4 rings (SSSR count). The van der Waals surface area contributed by atoms with Crippen molar-refractivity contribution < 1.29 is 19.0 Å². The van der Waals surface area contributed by atoms with Crippen LogP contribution in [0.5, 0.6) is 5.75 Å². The summed E-state index contributed by atoms with van der Waals surface area (Å²) >= 11 is 0. The normalized spacial score (nSPS) is 13.9. The monoisotopic (exact) mass is 472 g/mol. The van der Waals surface area contributed by atoms with E-state index in [0.717, 1.165) is 6.07 Å². The lowest BCUT2D eigenvalue weighted by Gasteiger charge is -2.27. The summed E-state index contributed by atoms with van der Waals surface area (Å²) in [7, 11) is 1.20. The number of halogens is 1. The number of nitriles is 2. The van der Waals surface area contributed by atoms with Gasteiger partial charge in [0.1, 0.15) is 40.9 Å². The quantitative estimate of drug-likeness (QED) is 0.214. The van der Waals surface area contributed by atoms with Gasteiger partial charge in [0, 0.05) is 22.3 Å². The molecular formula is C23H17FN8O3. The number of esters is 1. The molecule has 1 unspecified atom stereocenters. The molecule has 0 fully saturated rings. The SMILES string of the molecule is COC(=O)c1ccc(F)c(-c2cccc(C3N=C(NC#N)Nc4nc(N)c(C#N)c(N)c43)c2O)c1. The summed E-state index contributed by atoms with van der Waals surface area (Å²) in [4.78, 5) is 20.5. The molecule has 1 atom stereocenters. The summed E-state index contributed by atoms with van der Waals surface area (Å²) in [5.74, 6) is -1.74. The van der Waals surface area contributed by atoms with Crippen LogP contribution in [0.1, 0.15) is 33.1 Å². The third-order valence-corrected chi connectivity index (χ3v) is 5.40. The van der Waals surface area contributed by atoms with Crippen molar-refractivity contribution >= 4 is 29.3 Å². The number of ether oxygens (including phenoxy) is 1. The maximum atomic E-state index is 14.8. The van der Waals surface area contributed by atoms with Crippen LogP contribution in [0.15, 0.2) is 41.4 Å². The standard InChI is InChI=1S/C23H17FN8O3/c1-35-22(34)10-5-6-15(24)13(7-10)11-3-2-4-12(19(11)33)18-16-17(27)14(8-25)20(28)31-21(16)32-23(30-18)29-9-26/h2-7,18,33H,1H3,(H6,27,28,29,30,31,32). The van der Waals surface area contributed by atoms with Gasteiger partial charge in [0.05, 0.1) is 18.4 Å². The number of carbonyl (C=O) groups is 1. The number of methoxy groups -OCH3 is 1. The highest BCUT2D eigenvalue weighted by Crippen LogP contribution is 2.45. The predicted octanol–water partition coefficient (Wildman–Crippen LogP) is 2.36. The molecule has 0 spiro atoms. The number of pyridine rings is 1. The number of nitrogen functional groups attached to an aromatic ring is 2. The number of aromatic nitrogens is 1. The topological polar surface area (TPSA) is 195 Å². The molecule has 1 aliphatic rings. The summed E-state index contributed by atoms with van der Waals surface area (Å²) in [5.41, 5.74) is 12.5. The second kappa shape index (κ2) is 8.88. The first-order valence-corrected chi connectivity index (χ1v) is 9.99. The number of hydrogen-bond donors (Lipinski definition) is 5. The van der Waals surface area contributed by atoms with Crippen LogP contribution in [-0.2, 0) is 4.74 Å². The van der Waals surface area contributed by atoms with Gasteiger partial charge in [0.15, 0.2) is 6.19 Å². The van der Waals surface area contributed by atoms with Crippen molar-refractivity contribution in [2.75, 3.05) is 23.9 Å². The number of carbonyl (C=O) groups excluding carboxylic acids is 1. The molecule has 0 aliphatic carbocycles. The van der Waals surface area contributed by atoms with Crippen molar-refractivity contribution in [3.63, 3.8) is 0 Å². The average Bonchev–Trinajstić information content (AvgIpc) is 2.84. The van der Waals surface area contributed by atoms with E-state index in [-0.39, 0.29) is 62.4 Å². The van der Waals surface area contributed by atoms with Gasteiger partial charge in [-0.25, -0.2) is 19.2 Å². The van der Waals surface area contributed by atoms with Gasteiger partial charge in [0.25, 0.3) is 0 Å². The van der Waals surface area contributed by atoms with Crippen molar-refractivity contribution in [3.8, 4) is 29.1 Å². The van der Waals surface area contributed by atoms with Crippen LogP contribution in [0.2, 0.25) is 0 Å². The Hall–Kier alpha value is -5.36. The van der Waals surface area contributed by atoms with Crippen LogP contribution >= 0.6 is 0 Å². The number of rotatable bonds is 3. The van der Waals surface area contributed by atoms with E-state index in [0.29, 0.717) is 0 Å². The smallest absolute Gasteiger partial charge is 0.337 e. The number of aliphatic imine (C=N–C) groups is 1. The molecule has 2 heterocycles. The molecule has 35 heavy (non-hydrogen) atoms. The first-order chi connectivity index (χ1) is 16.8. The number of nitrogens with zero attached hydrogens (tertiary/aromatic N) is 4. The lowest BCUT2D eigenvalue weighted by atomic mass is 9.91. The van der Waals surface area contributed by atoms with Gasteiger partial charge in [0.2, 0.25) is 5.96 Å². The van der Waals surface area contributed by atoms with Crippen LogP contribution < -0.4 is 22.1 Å². The lowest BCUT2D eigenvalue weighted by molar-refractivity contribution is 0.0600. The minimum Gasteiger partial charge on any atom is -0.507 e. The van der Waals surface area contributed by atoms with E-state index < -0.39 is 17.8 Å². The Kier molecular flexibility index (Phi) is 5.79. The second-order valence-electron chi connectivity index (χ2n) is 7.33. The van der Waals surface area contributed by atoms with E-state index in [2.05, 4.69) is 20.6 Å². The number of phenolic OH excluding ortho intramolecular Hbond substituents is 1. The molecule has 0 saturated heterocycles. The van der Waals surface area contributed by atoms with E-state index in [1.165, 1.54) is 31.4 Å². The molecule has 11 nitrogen and oxygen atoms in total. The maximum Gasteiger partial charge on any atom is 0.337 e. The zero-order valence-corrected chi connectivity index (χ0v) is 18.1. The molecule has 0 bridgehead atoms. The van der Waals surface area contributed by atoms with Gasteiger partial charge in [-0.15, -0.1) is 0 Å². The average molecular weight is 472 g/mol. The fraction of sp³-hybridized carbons (Fsp3) is 0.0870. The van der Waals surface area contributed by atoms with Crippen LogP contribution in [-0.4, -0.2) is 29.1 Å². The van der Waals surface area contributed by atoms with Crippen LogP contribution in [0.4, 0.5) is 21.7 Å². The second-order valence-corrected chi connectivity index (χ2v) is 7.33. The number of hydrogen-bond acceptors (Lipinski definition) is 11. The van der Waals surface area contributed by atoms with Gasteiger partial charge in [-0.2, -0.15) is 10.5 Å². The number of guanidine groups is 1. The molecule has 3 aromatic rings. The molecule has 12 heteroatoms. The fourth-order valence-electron chi connectivity index (χ4n) is 3.78. The van der Waals surface area contributed by atoms with E-state index >= 15 is 0 Å². The van der Waals surface area contributed by atoms with Gasteiger partial charge in [-0.3, -0.25) is 5.32 Å². The molecular weight excluding hydrogens is 455 g/mol. The number of phenols is 1. The Bertz CT molecular complexity index is 1490. The highest BCUT2D eigenvalue weighted by molar-refractivity contribution is 5.98. The molecule has 1 aromatic heterocycles. The predicted molar refractivity (Wildman–Crippen MR) is 124 cm³/mol. The van der Waals surface area contributed by atoms with E-state index in [1.54, 1.807) is 12.3 Å². The number of para-hydroxylation sites is 1. The van der Waals surface area contributed by atoms with Crippen molar-refractivity contribution in [1.29, 1.82) is 10.5 Å². The largest absolute Gasteiger partial charge is 0.507 e. The van der Waals surface area contributed by atoms with Gasteiger partial charge in [-0.05, 0) is 18.2 Å². The molecule has 0 saturated carbocycles. The molecule has 2 aromatic carbocycles. The number of aromatic hydroxyl groups is 1. The first kappa shape index (κ1) is 22.8. The van der Waals surface area contributed by atoms with Crippen LogP contribution in [0.25, 0.3) is 11.1 Å². The zero-order valence-electron chi connectivity index (χ0n) is 18.1. The Morgan fingerprint density at radius 3 is 2.71 bits per heavy atom. The van der Waals surface area contributed by atoms with Crippen molar-refractivity contribution in [2.45, 2.75) is 6.04 Å². The molecule has 7 N–H and O–H groups in total. The van der Waals surface area contributed by atoms with E-state index in [9.17, 15) is 19.6 Å². The number of anilines is 3. The van der Waals surface area contributed by atoms with Crippen LogP contribution in [0, 0.1) is 28.6 Å². The first-order valence-electron chi connectivity index (χ1n) is 9.99. The summed E-state index contributed by atoms with van der Waals surface area (Å²) in [5, 5.41) is 34.9. The summed E-state index contributed by atoms with van der Waals surface area (Å²) in [6.45, 7) is 0. The number of benzene rings is 2. The number of nitrogens with two attached hydrogens (primary N) is 2. The minimum absolute atomic E-state index is 0.00956. The molecule has 174 valence electrons. The Morgan fingerprint density at radius 2 is 2.03 bits per heavy atom.